The van der Waals surface area contributed by atoms with E-state index in [0.29, 0.717) is 17.9 Å². The van der Waals surface area contributed by atoms with E-state index >= 15 is 0 Å². The van der Waals surface area contributed by atoms with Crippen molar-refractivity contribution in [3.8, 4) is 0 Å². The van der Waals surface area contributed by atoms with E-state index in [1.165, 1.54) is 12.8 Å². The topological polar surface area (TPSA) is 93.3 Å². The van der Waals surface area contributed by atoms with Crippen LogP contribution in [0, 0.1) is 0 Å². The lowest BCUT2D eigenvalue weighted by Crippen LogP contribution is -2.38. The number of fused-ring (bicyclic) bond motifs is 1. The molecule has 3 aromatic heterocycles. The maximum atomic E-state index is 6.09. The molecule has 0 unspecified atom stereocenters. The Balaban J connectivity index is 1.29. The number of anilines is 2. The second kappa shape index (κ2) is 7.67. The summed E-state index contributed by atoms with van der Waals surface area (Å²) in [7, 11) is 0. The van der Waals surface area contributed by atoms with E-state index in [0.717, 1.165) is 56.2 Å². The first-order valence-corrected chi connectivity index (χ1v) is 9.87. The molecule has 9 heteroatoms. The fourth-order valence-electron chi connectivity index (χ4n) is 3.91. The number of hydrogen-bond acceptors (Lipinski definition) is 9. The minimum absolute atomic E-state index is 0.247. The number of pyridine rings is 1. The maximum Gasteiger partial charge on any atom is 0.245 e. The Morgan fingerprint density at radius 3 is 2.29 bits per heavy atom. The summed E-state index contributed by atoms with van der Waals surface area (Å²) in [6.07, 6.45) is 8.15. The second-order valence-electron chi connectivity index (χ2n) is 7.34. The van der Waals surface area contributed by atoms with Crippen LogP contribution in [0.2, 0.25) is 0 Å². The van der Waals surface area contributed by atoms with E-state index in [1.54, 1.807) is 6.20 Å². The molecule has 0 aliphatic carbocycles. The molecule has 0 aromatic carbocycles. The molecule has 0 N–H and O–H groups in total. The van der Waals surface area contributed by atoms with E-state index in [9.17, 15) is 0 Å². The van der Waals surface area contributed by atoms with Gasteiger partial charge < -0.3 is 14.5 Å². The van der Waals surface area contributed by atoms with Crippen LogP contribution >= 0.6 is 0 Å². The number of hydrogen-bond donors (Lipinski definition) is 0. The van der Waals surface area contributed by atoms with Gasteiger partial charge in [0.15, 0.2) is 11.6 Å². The van der Waals surface area contributed by atoms with Crippen molar-refractivity contribution in [1.29, 1.82) is 0 Å². The summed E-state index contributed by atoms with van der Waals surface area (Å²) in [5.41, 5.74) is 2.05. The summed E-state index contributed by atoms with van der Waals surface area (Å²) < 4.78 is 10.9. The van der Waals surface area contributed by atoms with Gasteiger partial charge in [0.1, 0.15) is 0 Å². The van der Waals surface area contributed by atoms with Crippen LogP contribution in [0.3, 0.4) is 0 Å². The lowest BCUT2D eigenvalue weighted by molar-refractivity contribution is 0.0249. The van der Waals surface area contributed by atoms with E-state index in [-0.39, 0.29) is 6.10 Å². The Morgan fingerprint density at radius 2 is 1.64 bits per heavy atom. The standard InChI is InChI=1S/C19H23N7O2/c1-2-9-25(8-1)18-19(22-17-16(21-18)23-28-24-17)26-10-5-15(6-11-26)27-13-14-4-3-7-20-12-14/h3-4,7,12,15H,1-2,5-6,8-11,13H2. The lowest BCUT2D eigenvalue weighted by Gasteiger charge is -2.34. The number of aromatic nitrogens is 5. The van der Waals surface area contributed by atoms with Crippen molar-refractivity contribution in [2.75, 3.05) is 36.0 Å². The Kier molecular flexibility index (Phi) is 4.74. The molecule has 2 aliphatic rings. The Morgan fingerprint density at radius 1 is 0.964 bits per heavy atom. The molecule has 0 saturated carbocycles. The maximum absolute atomic E-state index is 6.09. The zero-order valence-electron chi connectivity index (χ0n) is 15.7. The first-order chi connectivity index (χ1) is 13.9. The smallest absolute Gasteiger partial charge is 0.245 e. The molecule has 2 saturated heterocycles. The molecule has 0 radical (unpaired) electrons. The third-order valence-electron chi connectivity index (χ3n) is 5.43. The van der Waals surface area contributed by atoms with Crippen molar-refractivity contribution in [2.45, 2.75) is 38.4 Å². The van der Waals surface area contributed by atoms with Crippen molar-refractivity contribution in [2.24, 2.45) is 0 Å². The van der Waals surface area contributed by atoms with Gasteiger partial charge in [-0.2, -0.15) is 0 Å². The minimum atomic E-state index is 0.247. The molecule has 5 heterocycles. The van der Waals surface area contributed by atoms with E-state index in [4.69, 9.17) is 19.3 Å². The van der Waals surface area contributed by atoms with Gasteiger partial charge in [-0.3, -0.25) is 4.98 Å². The highest BCUT2D eigenvalue weighted by Crippen LogP contribution is 2.31. The average Bonchev–Trinajstić information content (AvgIpc) is 3.44. The monoisotopic (exact) mass is 381 g/mol. The summed E-state index contributed by atoms with van der Waals surface area (Å²) in [6, 6.07) is 3.98. The minimum Gasteiger partial charge on any atom is -0.373 e. The normalized spacial score (nSPS) is 18.3. The molecule has 2 fully saturated rings. The zero-order chi connectivity index (χ0) is 18.8. The molecule has 0 amide bonds. The molecule has 28 heavy (non-hydrogen) atoms. The van der Waals surface area contributed by atoms with Crippen LogP contribution in [0.15, 0.2) is 29.2 Å². The van der Waals surface area contributed by atoms with Gasteiger partial charge in [-0.15, -0.1) is 0 Å². The summed E-state index contributed by atoms with van der Waals surface area (Å²) in [5.74, 6) is 1.78. The fraction of sp³-hybridized carbons (Fsp3) is 0.526. The van der Waals surface area contributed by atoms with Crippen LogP contribution in [-0.2, 0) is 11.3 Å². The summed E-state index contributed by atoms with van der Waals surface area (Å²) >= 11 is 0. The fourth-order valence-corrected chi connectivity index (χ4v) is 3.91. The van der Waals surface area contributed by atoms with Gasteiger partial charge in [0.25, 0.3) is 0 Å². The number of ether oxygens (including phenoxy) is 1. The van der Waals surface area contributed by atoms with Crippen molar-refractivity contribution in [3.05, 3.63) is 30.1 Å². The number of piperidine rings is 1. The lowest BCUT2D eigenvalue weighted by atomic mass is 10.1. The quantitative estimate of drug-likeness (QED) is 0.659. The van der Waals surface area contributed by atoms with Crippen LogP contribution in [-0.4, -0.2) is 57.5 Å². The predicted molar refractivity (Wildman–Crippen MR) is 103 cm³/mol. The van der Waals surface area contributed by atoms with E-state index in [2.05, 4.69) is 25.1 Å². The van der Waals surface area contributed by atoms with Gasteiger partial charge in [0.2, 0.25) is 11.3 Å². The molecule has 3 aromatic rings. The zero-order valence-corrected chi connectivity index (χ0v) is 15.7. The average molecular weight is 381 g/mol. The third-order valence-corrected chi connectivity index (χ3v) is 5.43. The van der Waals surface area contributed by atoms with E-state index < -0.39 is 0 Å². The molecule has 0 bridgehead atoms. The highest BCUT2D eigenvalue weighted by Gasteiger charge is 2.27. The SMILES string of the molecule is c1cncc(COC2CCN(c3nc4nonc4nc3N3CCCC3)CC2)c1. The molecule has 146 valence electrons. The first kappa shape index (κ1) is 17.3. The summed E-state index contributed by atoms with van der Waals surface area (Å²) in [5, 5.41) is 7.76. The molecule has 2 aliphatic heterocycles. The molecule has 9 nitrogen and oxygen atoms in total. The Hall–Kier alpha value is -2.81. The highest BCUT2D eigenvalue weighted by molar-refractivity contribution is 5.74. The Labute approximate surface area is 162 Å². The molecular formula is C19H23N7O2. The van der Waals surface area contributed by atoms with Gasteiger partial charge in [-0.1, -0.05) is 6.07 Å². The molecule has 5 rings (SSSR count). The molecule has 0 spiro atoms. The first-order valence-electron chi connectivity index (χ1n) is 9.87. The van der Waals surface area contributed by atoms with Gasteiger partial charge in [-0.25, -0.2) is 14.6 Å². The third kappa shape index (κ3) is 3.49. The molecular weight excluding hydrogens is 358 g/mol. The number of rotatable bonds is 5. The van der Waals surface area contributed by atoms with Gasteiger partial charge in [-0.05, 0) is 47.6 Å². The van der Waals surface area contributed by atoms with Crippen molar-refractivity contribution < 1.29 is 9.37 Å². The van der Waals surface area contributed by atoms with E-state index in [1.807, 2.05) is 18.3 Å². The van der Waals surface area contributed by atoms with Crippen LogP contribution in [0.25, 0.3) is 11.3 Å². The van der Waals surface area contributed by atoms with Gasteiger partial charge in [0, 0.05) is 38.6 Å². The predicted octanol–water partition coefficient (Wildman–Crippen LogP) is 2.19. The highest BCUT2D eigenvalue weighted by atomic mass is 16.6. The molecule has 0 atom stereocenters. The van der Waals surface area contributed by atoms with Crippen LogP contribution in [0.1, 0.15) is 31.2 Å². The van der Waals surface area contributed by atoms with Crippen molar-refractivity contribution >= 4 is 22.9 Å². The van der Waals surface area contributed by atoms with Crippen molar-refractivity contribution in [1.82, 2.24) is 25.3 Å². The van der Waals surface area contributed by atoms with Gasteiger partial charge >= 0.3 is 0 Å². The van der Waals surface area contributed by atoms with Crippen LogP contribution in [0.5, 0.6) is 0 Å². The second-order valence-corrected chi connectivity index (χ2v) is 7.34. The van der Waals surface area contributed by atoms with Gasteiger partial charge in [0.05, 0.1) is 12.7 Å². The van der Waals surface area contributed by atoms with Crippen LogP contribution in [0.4, 0.5) is 11.6 Å². The Bertz CT molecular complexity index is 918. The summed E-state index contributed by atoms with van der Waals surface area (Å²) in [6.45, 7) is 4.37. The summed E-state index contributed by atoms with van der Waals surface area (Å²) in [4.78, 5) is 18.2. The largest absolute Gasteiger partial charge is 0.373 e. The van der Waals surface area contributed by atoms with Crippen molar-refractivity contribution in [3.63, 3.8) is 0 Å². The number of nitrogens with zero attached hydrogens (tertiary/aromatic N) is 7. The van der Waals surface area contributed by atoms with Crippen LogP contribution < -0.4 is 9.80 Å².